The van der Waals surface area contributed by atoms with Crippen LogP contribution in [0.5, 0.6) is 0 Å². The normalized spacial score (nSPS) is 11.7. The van der Waals surface area contributed by atoms with Crippen molar-refractivity contribution in [2.75, 3.05) is 5.73 Å². The third-order valence-electron chi connectivity index (χ3n) is 2.95. The lowest BCUT2D eigenvalue weighted by molar-refractivity contribution is -0.139. The van der Waals surface area contributed by atoms with E-state index in [-0.39, 0.29) is 11.3 Å². The zero-order valence-corrected chi connectivity index (χ0v) is 10.9. The summed E-state index contributed by atoms with van der Waals surface area (Å²) in [4.78, 5) is 23.4. The largest absolute Gasteiger partial charge is 0.479 e. The van der Waals surface area contributed by atoms with Crippen molar-refractivity contribution in [3.05, 3.63) is 65.5 Å². The molecule has 0 saturated carbocycles. The van der Waals surface area contributed by atoms with E-state index in [2.05, 4.69) is 5.32 Å². The molecule has 0 fully saturated rings. The third-order valence-corrected chi connectivity index (χ3v) is 2.95. The van der Waals surface area contributed by atoms with Crippen molar-refractivity contribution in [1.29, 1.82) is 0 Å². The maximum absolute atomic E-state index is 13.3. The molecule has 4 N–H and O–H groups in total. The van der Waals surface area contributed by atoms with Crippen molar-refractivity contribution in [3.63, 3.8) is 0 Å². The summed E-state index contributed by atoms with van der Waals surface area (Å²) in [5, 5.41) is 11.6. The molecule has 0 bridgehead atoms. The molecule has 2 aromatic carbocycles. The van der Waals surface area contributed by atoms with Gasteiger partial charge in [0.05, 0.1) is 11.3 Å². The van der Waals surface area contributed by atoms with Crippen LogP contribution in [-0.4, -0.2) is 17.0 Å². The lowest BCUT2D eigenvalue weighted by Crippen LogP contribution is -2.34. The summed E-state index contributed by atoms with van der Waals surface area (Å²) in [6.07, 6.45) is 0. The Kier molecular flexibility index (Phi) is 4.18. The monoisotopic (exact) mass is 288 g/mol. The van der Waals surface area contributed by atoms with E-state index in [0.29, 0.717) is 5.56 Å². The molecule has 2 rings (SSSR count). The van der Waals surface area contributed by atoms with Gasteiger partial charge in [0.2, 0.25) is 0 Å². The number of carboxylic acid groups (broad SMARTS) is 1. The maximum Gasteiger partial charge on any atom is 0.330 e. The van der Waals surface area contributed by atoms with E-state index in [1.807, 2.05) is 0 Å². The van der Waals surface area contributed by atoms with E-state index < -0.39 is 23.7 Å². The molecular formula is C15H13FN2O3. The summed E-state index contributed by atoms with van der Waals surface area (Å²) in [6.45, 7) is 0. The number of hydrogen-bond donors (Lipinski definition) is 3. The number of rotatable bonds is 4. The first-order valence-corrected chi connectivity index (χ1v) is 6.13. The summed E-state index contributed by atoms with van der Waals surface area (Å²) in [6, 6.07) is 10.8. The maximum atomic E-state index is 13.3. The molecule has 0 saturated heterocycles. The van der Waals surface area contributed by atoms with Crippen LogP contribution in [0.2, 0.25) is 0 Å². The lowest BCUT2D eigenvalue weighted by Gasteiger charge is -2.15. The van der Waals surface area contributed by atoms with Gasteiger partial charge in [-0.3, -0.25) is 4.79 Å². The Hall–Kier alpha value is -2.89. The number of hydrogen-bond acceptors (Lipinski definition) is 3. The fourth-order valence-electron chi connectivity index (χ4n) is 1.88. The molecule has 108 valence electrons. The highest BCUT2D eigenvalue weighted by Crippen LogP contribution is 2.18. The molecule has 5 nitrogen and oxygen atoms in total. The van der Waals surface area contributed by atoms with Crippen LogP contribution < -0.4 is 11.1 Å². The number of carbonyl (C=O) groups is 2. The summed E-state index contributed by atoms with van der Waals surface area (Å²) in [7, 11) is 0. The van der Waals surface area contributed by atoms with E-state index in [1.165, 1.54) is 12.1 Å². The minimum Gasteiger partial charge on any atom is -0.479 e. The highest BCUT2D eigenvalue weighted by atomic mass is 19.1. The fourth-order valence-corrected chi connectivity index (χ4v) is 1.88. The van der Waals surface area contributed by atoms with E-state index >= 15 is 0 Å². The highest BCUT2D eigenvalue weighted by Gasteiger charge is 2.23. The molecule has 0 aliphatic rings. The molecule has 21 heavy (non-hydrogen) atoms. The zero-order valence-electron chi connectivity index (χ0n) is 10.9. The minimum atomic E-state index is -1.23. The second kappa shape index (κ2) is 6.04. The Bertz CT molecular complexity index is 674. The molecule has 2 aromatic rings. The van der Waals surface area contributed by atoms with Gasteiger partial charge in [-0.2, -0.15) is 0 Å². The third kappa shape index (κ3) is 3.17. The molecule has 0 heterocycles. The first-order valence-electron chi connectivity index (χ1n) is 6.13. The quantitative estimate of drug-likeness (QED) is 0.750. The number of carboxylic acids is 1. The number of nitrogens with two attached hydrogens (primary N) is 1. The smallest absolute Gasteiger partial charge is 0.330 e. The Morgan fingerprint density at radius 2 is 1.76 bits per heavy atom. The van der Waals surface area contributed by atoms with Crippen LogP contribution in [0.25, 0.3) is 0 Å². The second-order valence-electron chi connectivity index (χ2n) is 4.36. The van der Waals surface area contributed by atoms with Crippen molar-refractivity contribution >= 4 is 17.6 Å². The van der Waals surface area contributed by atoms with Gasteiger partial charge in [-0.05, 0) is 17.7 Å². The van der Waals surface area contributed by atoms with Crippen molar-refractivity contribution in [1.82, 2.24) is 5.32 Å². The van der Waals surface area contributed by atoms with E-state index in [1.54, 1.807) is 30.3 Å². The number of carbonyl (C=O) groups excluding carboxylic acids is 1. The van der Waals surface area contributed by atoms with Crippen molar-refractivity contribution in [2.45, 2.75) is 6.04 Å². The number of anilines is 1. The standard InChI is InChI=1S/C15H13FN2O3/c16-11-8-4-7-10(12(11)17)14(19)18-13(15(20)21)9-5-2-1-3-6-9/h1-8,13H,17H2,(H,18,19)(H,20,21)/t13-/m1/s1. The average molecular weight is 288 g/mol. The van der Waals surface area contributed by atoms with Gasteiger partial charge in [0.25, 0.3) is 5.91 Å². The second-order valence-corrected chi connectivity index (χ2v) is 4.36. The number of halogens is 1. The van der Waals surface area contributed by atoms with Gasteiger partial charge in [0, 0.05) is 0 Å². The van der Waals surface area contributed by atoms with E-state index in [9.17, 15) is 19.1 Å². The Morgan fingerprint density at radius 3 is 2.38 bits per heavy atom. The van der Waals surface area contributed by atoms with Crippen LogP contribution in [0.15, 0.2) is 48.5 Å². The molecular weight excluding hydrogens is 275 g/mol. The van der Waals surface area contributed by atoms with Crippen LogP contribution in [0.3, 0.4) is 0 Å². The van der Waals surface area contributed by atoms with Crippen LogP contribution in [0, 0.1) is 5.82 Å². The molecule has 0 spiro atoms. The fraction of sp³-hybridized carbons (Fsp3) is 0.0667. The van der Waals surface area contributed by atoms with Gasteiger partial charge in [-0.1, -0.05) is 36.4 Å². The minimum absolute atomic E-state index is 0.0998. The van der Waals surface area contributed by atoms with Gasteiger partial charge in [-0.15, -0.1) is 0 Å². The predicted molar refractivity (Wildman–Crippen MR) is 75.1 cm³/mol. The summed E-state index contributed by atoms with van der Waals surface area (Å²) < 4.78 is 13.3. The molecule has 1 amide bonds. The first kappa shape index (κ1) is 14.5. The molecule has 0 radical (unpaired) electrons. The van der Waals surface area contributed by atoms with Gasteiger partial charge < -0.3 is 16.2 Å². The average Bonchev–Trinajstić information content (AvgIpc) is 2.48. The summed E-state index contributed by atoms with van der Waals surface area (Å²) in [5.41, 5.74) is 5.49. The van der Waals surface area contributed by atoms with Crippen molar-refractivity contribution < 1.29 is 19.1 Å². The molecule has 6 heteroatoms. The van der Waals surface area contributed by atoms with Gasteiger partial charge in [-0.25, -0.2) is 9.18 Å². The Balaban J connectivity index is 2.28. The predicted octanol–water partition coefficient (Wildman–Crippen LogP) is 1.96. The SMILES string of the molecule is Nc1c(F)cccc1C(=O)N[C@@H](C(=O)O)c1ccccc1. The number of amides is 1. The zero-order chi connectivity index (χ0) is 15.4. The van der Waals surface area contributed by atoms with Crippen LogP contribution >= 0.6 is 0 Å². The van der Waals surface area contributed by atoms with Crippen molar-refractivity contribution in [3.8, 4) is 0 Å². The highest BCUT2D eigenvalue weighted by molar-refractivity contribution is 6.01. The Labute approximate surface area is 120 Å². The van der Waals surface area contributed by atoms with Crippen LogP contribution in [0.4, 0.5) is 10.1 Å². The number of aliphatic carboxylic acids is 1. The van der Waals surface area contributed by atoms with Crippen molar-refractivity contribution in [2.24, 2.45) is 0 Å². The van der Waals surface area contributed by atoms with Crippen LogP contribution in [0.1, 0.15) is 22.0 Å². The molecule has 1 atom stereocenters. The Morgan fingerprint density at radius 1 is 1.10 bits per heavy atom. The van der Waals surface area contributed by atoms with Gasteiger partial charge >= 0.3 is 5.97 Å². The molecule has 0 aromatic heterocycles. The van der Waals surface area contributed by atoms with Gasteiger partial charge in [0.15, 0.2) is 6.04 Å². The van der Waals surface area contributed by atoms with Crippen LogP contribution in [-0.2, 0) is 4.79 Å². The number of para-hydroxylation sites is 1. The van der Waals surface area contributed by atoms with Gasteiger partial charge in [0.1, 0.15) is 5.82 Å². The number of nitrogens with one attached hydrogen (secondary N) is 1. The van der Waals surface area contributed by atoms with E-state index in [0.717, 1.165) is 6.07 Å². The molecule has 0 aliphatic carbocycles. The number of nitrogen functional groups attached to an aromatic ring is 1. The topological polar surface area (TPSA) is 92.4 Å². The first-order chi connectivity index (χ1) is 10.0. The number of benzene rings is 2. The lowest BCUT2D eigenvalue weighted by atomic mass is 10.1. The summed E-state index contributed by atoms with van der Waals surface area (Å²) in [5.74, 6) is -2.69. The summed E-state index contributed by atoms with van der Waals surface area (Å²) >= 11 is 0. The molecule has 0 unspecified atom stereocenters. The van der Waals surface area contributed by atoms with E-state index in [4.69, 9.17) is 5.73 Å². The molecule has 0 aliphatic heterocycles.